The normalized spacial score (nSPS) is 16.4. The molecule has 29 heavy (non-hydrogen) atoms. The molecule has 1 atom stereocenters. The average Bonchev–Trinajstić information content (AvgIpc) is 3.53. The summed E-state index contributed by atoms with van der Waals surface area (Å²) in [7, 11) is 0. The molecule has 1 aliphatic heterocycles. The first-order valence-electron chi connectivity index (χ1n) is 9.06. The molecule has 4 aromatic rings. The summed E-state index contributed by atoms with van der Waals surface area (Å²) < 4.78 is 0. The average molecular weight is 440 g/mol. The number of nitrogens with zero attached hydrogens (tertiary/aromatic N) is 1. The molecule has 2 N–H and O–H groups in total. The zero-order chi connectivity index (χ0) is 20.0. The minimum absolute atomic E-state index is 0.193. The fraction of sp³-hybridized carbons (Fsp3) is 0.136. The maximum atomic E-state index is 12.9. The third-order valence-electron chi connectivity index (χ3n) is 5.20. The minimum Gasteiger partial charge on any atom is -0.374 e. The van der Waals surface area contributed by atoms with Gasteiger partial charge in [-0.2, -0.15) is 0 Å². The van der Waals surface area contributed by atoms with Crippen molar-refractivity contribution in [3.8, 4) is 0 Å². The van der Waals surface area contributed by atoms with Crippen molar-refractivity contribution < 1.29 is 15.0 Å². The molecule has 0 saturated heterocycles. The molecule has 146 valence electrons. The van der Waals surface area contributed by atoms with E-state index in [2.05, 4.69) is 0 Å². The number of carbonyl (C=O) groups excluding carboxylic acids is 1. The second kappa shape index (κ2) is 7.19. The molecule has 0 radical (unpaired) electrons. The van der Waals surface area contributed by atoms with Crippen molar-refractivity contribution in [2.24, 2.45) is 0 Å². The molecule has 3 aromatic heterocycles. The molecule has 1 aromatic carbocycles. The van der Waals surface area contributed by atoms with Crippen molar-refractivity contribution in [1.29, 1.82) is 0 Å². The molecule has 0 aliphatic carbocycles. The molecule has 1 amide bonds. The fourth-order valence-corrected chi connectivity index (χ4v) is 6.71. The number of aliphatic hydroxyl groups excluding tert-OH is 1. The van der Waals surface area contributed by atoms with Crippen molar-refractivity contribution in [3.05, 3.63) is 102 Å². The van der Waals surface area contributed by atoms with E-state index in [-0.39, 0.29) is 12.5 Å². The lowest BCUT2D eigenvalue weighted by molar-refractivity contribution is 0.0132. The number of fused-ring (bicyclic) bond motifs is 1. The second-order valence-corrected chi connectivity index (χ2v) is 9.65. The Morgan fingerprint density at radius 3 is 2.21 bits per heavy atom. The van der Waals surface area contributed by atoms with E-state index in [1.54, 1.807) is 18.2 Å². The van der Waals surface area contributed by atoms with Crippen molar-refractivity contribution in [2.75, 3.05) is 0 Å². The van der Waals surface area contributed by atoms with Gasteiger partial charge in [0.25, 0.3) is 5.91 Å². The summed E-state index contributed by atoms with van der Waals surface area (Å²) >= 11 is 4.47. The minimum atomic E-state index is -1.27. The van der Waals surface area contributed by atoms with Gasteiger partial charge in [-0.15, -0.1) is 34.0 Å². The van der Waals surface area contributed by atoms with Crippen LogP contribution in [0.4, 0.5) is 0 Å². The van der Waals surface area contributed by atoms with Gasteiger partial charge in [0.05, 0.1) is 11.4 Å². The Balaban J connectivity index is 1.56. The van der Waals surface area contributed by atoms with E-state index in [0.717, 1.165) is 20.2 Å². The van der Waals surface area contributed by atoms with Gasteiger partial charge in [-0.1, -0.05) is 30.3 Å². The van der Waals surface area contributed by atoms with Crippen LogP contribution < -0.4 is 0 Å². The largest absolute Gasteiger partial charge is 0.374 e. The van der Waals surface area contributed by atoms with Crippen LogP contribution in [0, 0.1) is 0 Å². The maximum absolute atomic E-state index is 12.9. The number of carbonyl (C=O) groups is 1. The first-order valence-corrected chi connectivity index (χ1v) is 11.7. The van der Waals surface area contributed by atoms with Crippen molar-refractivity contribution in [1.82, 2.24) is 4.90 Å². The number of aliphatic hydroxyl groups is 2. The second-order valence-electron chi connectivity index (χ2n) is 6.83. The molecular weight excluding hydrogens is 422 g/mol. The quantitative estimate of drug-likeness (QED) is 0.469. The van der Waals surface area contributed by atoms with Crippen LogP contribution in [-0.4, -0.2) is 21.0 Å². The van der Waals surface area contributed by atoms with Gasteiger partial charge in [0, 0.05) is 20.9 Å². The molecule has 7 heteroatoms. The summed E-state index contributed by atoms with van der Waals surface area (Å²) in [6.45, 7) is 0.229. The van der Waals surface area contributed by atoms with Crippen molar-refractivity contribution in [3.63, 3.8) is 0 Å². The lowest BCUT2D eigenvalue weighted by Crippen LogP contribution is -2.31. The SMILES string of the molecule is O=C1c2ccccc2C(O)N1Cc1ccsc1C(O)(c1cccs1)c1cccs1. The molecule has 0 bridgehead atoms. The molecular formula is C22H17NO3S3. The molecule has 1 unspecified atom stereocenters. The van der Waals surface area contributed by atoms with E-state index in [1.165, 1.54) is 38.9 Å². The Bertz CT molecular complexity index is 1110. The van der Waals surface area contributed by atoms with Gasteiger partial charge in [0.1, 0.15) is 0 Å². The van der Waals surface area contributed by atoms with Crippen LogP contribution in [0.25, 0.3) is 0 Å². The van der Waals surface area contributed by atoms with E-state index in [4.69, 9.17) is 0 Å². The van der Waals surface area contributed by atoms with Crippen LogP contribution >= 0.6 is 34.0 Å². The predicted octanol–water partition coefficient (Wildman–Crippen LogP) is 4.80. The van der Waals surface area contributed by atoms with Crippen LogP contribution in [0.2, 0.25) is 0 Å². The van der Waals surface area contributed by atoms with Gasteiger partial charge in [0.15, 0.2) is 11.8 Å². The highest BCUT2D eigenvalue weighted by molar-refractivity contribution is 7.13. The number of rotatable bonds is 5. The Kier molecular flexibility index (Phi) is 4.64. The van der Waals surface area contributed by atoms with Gasteiger partial charge < -0.3 is 15.1 Å². The number of hydrogen-bond donors (Lipinski definition) is 2. The Morgan fingerprint density at radius 1 is 0.897 bits per heavy atom. The van der Waals surface area contributed by atoms with Gasteiger partial charge in [-0.25, -0.2) is 0 Å². The Hall–Kier alpha value is -2.29. The van der Waals surface area contributed by atoms with E-state index in [9.17, 15) is 15.0 Å². The van der Waals surface area contributed by atoms with Crippen molar-refractivity contribution in [2.45, 2.75) is 18.4 Å². The zero-order valence-corrected chi connectivity index (χ0v) is 17.6. The number of hydrogen-bond acceptors (Lipinski definition) is 6. The highest BCUT2D eigenvalue weighted by Gasteiger charge is 2.41. The molecule has 0 fully saturated rings. The highest BCUT2D eigenvalue weighted by Crippen LogP contribution is 2.45. The molecule has 4 nitrogen and oxygen atoms in total. The number of amides is 1. The highest BCUT2D eigenvalue weighted by atomic mass is 32.1. The van der Waals surface area contributed by atoms with Crippen LogP contribution in [0.5, 0.6) is 0 Å². The maximum Gasteiger partial charge on any atom is 0.256 e. The van der Waals surface area contributed by atoms with E-state index < -0.39 is 11.8 Å². The monoisotopic (exact) mass is 439 g/mol. The zero-order valence-electron chi connectivity index (χ0n) is 15.2. The van der Waals surface area contributed by atoms with E-state index in [1.807, 2.05) is 52.5 Å². The first-order chi connectivity index (χ1) is 14.1. The summed E-state index contributed by atoms with van der Waals surface area (Å²) in [6, 6.07) is 16.8. The molecule has 5 rings (SSSR count). The standard InChI is InChI=1S/C22H17NO3S3/c24-20-15-5-1-2-6-16(15)21(25)23(20)13-14-9-12-29-19(14)22(26,17-7-3-10-27-17)18-8-4-11-28-18/h1-12,20,24,26H,13H2. The van der Waals surface area contributed by atoms with Gasteiger partial charge >= 0.3 is 0 Å². The third-order valence-corrected chi connectivity index (χ3v) is 8.22. The summed E-state index contributed by atoms with van der Waals surface area (Å²) in [5, 5.41) is 28.5. The fourth-order valence-electron chi connectivity index (χ4n) is 3.78. The summed E-state index contributed by atoms with van der Waals surface area (Å²) in [6.07, 6.45) is -0.983. The van der Waals surface area contributed by atoms with Crippen LogP contribution in [0.15, 0.2) is 70.7 Å². The lowest BCUT2D eigenvalue weighted by atomic mass is 9.94. The number of thiophene rings is 3. The van der Waals surface area contributed by atoms with Crippen LogP contribution in [0.3, 0.4) is 0 Å². The summed E-state index contributed by atoms with van der Waals surface area (Å²) in [5.74, 6) is -0.193. The topological polar surface area (TPSA) is 60.8 Å². The molecule has 0 spiro atoms. The summed E-state index contributed by atoms with van der Waals surface area (Å²) in [4.78, 5) is 16.8. The van der Waals surface area contributed by atoms with Crippen LogP contribution in [0.1, 0.15) is 42.3 Å². The Labute approximate surface area is 179 Å². The van der Waals surface area contributed by atoms with Gasteiger partial charge in [-0.3, -0.25) is 4.79 Å². The Morgan fingerprint density at radius 2 is 1.59 bits per heavy atom. The number of benzene rings is 1. The van der Waals surface area contributed by atoms with Crippen LogP contribution in [-0.2, 0) is 12.1 Å². The predicted molar refractivity (Wildman–Crippen MR) is 116 cm³/mol. The van der Waals surface area contributed by atoms with E-state index in [0.29, 0.717) is 11.1 Å². The van der Waals surface area contributed by atoms with Crippen molar-refractivity contribution >= 4 is 39.9 Å². The van der Waals surface area contributed by atoms with E-state index >= 15 is 0 Å². The van der Waals surface area contributed by atoms with Gasteiger partial charge in [-0.05, 0) is 46.0 Å². The molecule has 4 heterocycles. The summed E-state index contributed by atoms with van der Waals surface area (Å²) in [5.41, 5.74) is 0.719. The van der Waals surface area contributed by atoms with Gasteiger partial charge in [0.2, 0.25) is 0 Å². The third kappa shape index (κ3) is 2.89. The molecule has 0 saturated carbocycles. The lowest BCUT2D eigenvalue weighted by Gasteiger charge is -2.28. The smallest absolute Gasteiger partial charge is 0.256 e. The molecule has 1 aliphatic rings. The first kappa shape index (κ1) is 18.7.